The summed E-state index contributed by atoms with van der Waals surface area (Å²) in [4.78, 5) is 17.4. The summed E-state index contributed by atoms with van der Waals surface area (Å²) in [7, 11) is -3.14. The minimum Gasteiger partial charge on any atom is -0.381 e. The van der Waals surface area contributed by atoms with E-state index in [1.54, 1.807) is 4.31 Å². The lowest BCUT2D eigenvalue weighted by atomic mass is 9.97. The van der Waals surface area contributed by atoms with Crippen LogP contribution in [0, 0.1) is 5.92 Å². The average Bonchev–Trinajstić information content (AvgIpc) is 3.52. The molecule has 3 heterocycles. The zero-order chi connectivity index (χ0) is 18.9. The summed E-state index contributed by atoms with van der Waals surface area (Å²) in [5, 5.41) is 0. The predicted octanol–water partition coefficient (Wildman–Crippen LogP) is 0.904. The molecular weight excluding hydrogens is 366 g/mol. The van der Waals surface area contributed by atoms with Crippen LogP contribution in [0.3, 0.4) is 0 Å². The summed E-state index contributed by atoms with van der Waals surface area (Å²) >= 11 is 0. The van der Waals surface area contributed by atoms with E-state index in [2.05, 4.69) is 9.80 Å². The normalized spacial score (nSPS) is 30.0. The summed E-state index contributed by atoms with van der Waals surface area (Å²) in [6, 6.07) is 0.246. The standard InChI is InChI=1S/C19H33N3O4S/c23-19-18(2-1-8-22(19)17-5-13-26-14-6-17)20-9-11-21(12-10-20)27(24,25)15-7-16-3-4-16/h16-18H,1-15H2. The van der Waals surface area contributed by atoms with Crippen molar-refractivity contribution in [2.24, 2.45) is 5.92 Å². The van der Waals surface area contributed by atoms with Gasteiger partial charge in [-0.3, -0.25) is 9.69 Å². The first-order chi connectivity index (χ1) is 13.0. The highest BCUT2D eigenvalue weighted by Crippen LogP contribution is 2.33. The second kappa shape index (κ2) is 8.35. The molecule has 0 N–H and O–H groups in total. The fourth-order valence-electron chi connectivity index (χ4n) is 4.72. The van der Waals surface area contributed by atoms with Gasteiger partial charge in [0.15, 0.2) is 0 Å². The predicted molar refractivity (Wildman–Crippen MR) is 103 cm³/mol. The Morgan fingerprint density at radius 3 is 2.30 bits per heavy atom. The van der Waals surface area contributed by atoms with Crippen LogP contribution in [0.4, 0.5) is 0 Å². The average molecular weight is 400 g/mol. The number of amides is 1. The van der Waals surface area contributed by atoms with Crippen LogP contribution >= 0.6 is 0 Å². The molecule has 0 aromatic carbocycles. The van der Waals surface area contributed by atoms with Gasteiger partial charge in [0.05, 0.1) is 11.8 Å². The molecule has 1 aliphatic carbocycles. The molecular formula is C19H33N3O4S. The molecule has 4 fully saturated rings. The maximum absolute atomic E-state index is 13.1. The third-order valence-electron chi connectivity index (χ3n) is 6.66. The van der Waals surface area contributed by atoms with Gasteiger partial charge in [-0.1, -0.05) is 12.8 Å². The zero-order valence-electron chi connectivity index (χ0n) is 16.2. The maximum Gasteiger partial charge on any atom is 0.240 e. The van der Waals surface area contributed by atoms with Crippen molar-refractivity contribution in [1.29, 1.82) is 0 Å². The van der Waals surface area contributed by atoms with E-state index < -0.39 is 10.0 Å². The molecule has 8 heteroatoms. The number of piperazine rings is 1. The molecule has 4 rings (SSSR count). The Labute approximate surface area is 163 Å². The Bertz CT molecular complexity index is 623. The summed E-state index contributed by atoms with van der Waals surface area (Å²) < 4.78 is 32.2. The summed E-state index contributed by atoms with van der Waals surface area (Å²) in [6.07, 6.45) is 6.99. The van der Waals surface area contributed by atoms with Crippen molar-refractivity contribution >= 4 is 15.9 Å². The lowest BCUT2D eigenvalue weighted by Crippen LogP contribution is -2.60. The van der Waals surface area contributed by atoms with Crippen LogP contribution < -0.4 is 0 Å². The van der Waals surface area contributed by atoms with Gasteiger partial charge in [-0.2, -0.15) is 4.31 Å². The molecule has 1 amide bonds. The number of carbonyl (C=O) groups excluding carboxylic acids is 1. The molecule has 0 radical (unpaired) electrons. The van der Waals surface area contributed by atoms with Gasteiger partial charge in [0, 0.05) is 52.0 Å². The first-order valence-corrected chi connectivity index (χ1v) is 12.3. The van der Waals surface area contributed by atoms with Crippen molar-refractivity contribution in [3.63, 3.8) is 0 Å². The maximum atomic E-state index is 13.1. The SMILES string of the molecule is O=C1C(N2CCN(S(=O)(=O)CCC3CC3)CC2)CCCN1C1CCOCC1. The topological polar surface area (TPSA) is 70.2 Å². The molecule has 1 unspecified atom stereocenters. The molecule has 1 atom stereocenters. The third-order valence-corrected chi connectivity index (χ3v) is 8.57. The van der Waals surface area contributed by atoms with E-state index in [0.717, 1.165) is 51.9 Å². The Morgan fingerprint density at radius 1 is 0.926 bits per heavy atom. The number of hydrogen-bond donors (Lipinski definition) is 0. The Balaban J connectivity index is 1.31. The number of carbonyl (C=O) groups is 1. The molecule has 0 spiro atoms. The van der Waals surface area contributed by atoms with Crippen LogP contribution in [0.1, 0.15) is 44.9 Å². The molecule has 7 nitrogen and oxygen atoms in total. The molecule has 1 saturated carbocycles. The van der Waals surface area contributed by atoms with E-state index in [-0.39, 0.29) is 17.7 Å². The fourth-order valence-corrected chi connectivity index (χ4v) is 6.33. The van der Waals surface area contributed by atoms with Gasteiger partial charge in [-0.05, 0) is 38.0 Å². The van der Waals surface area contributed by atoms with E-state index in [1.165, 1.54) is 12.8 Å². The van der Waals surface area contributed by atoms with Crippen LogP contribution in [0.2, 0.25) is 0 Å². The van der Waals surface area contributed by atoms with E-state index in [9.17, 15) is 13.2 Å². The van der Waals surface area contributed by atoms with E-state index in [1.807, 2.05) is 0 Å². The molecule has 0 bridgehead atoms. The Kier molecular flexibility index (Phi) is 6.06. The minimum absolute atomic E-state index is 0.0714. The number of likely N-dealkylation sites (tertiary alicyclic amines) is 1. The number of rotatable bonds is 6. The summed E-state index contributed by atoms with van der Waals surface area (Å²) in [6.45, 7) is 4.73. The first kappa shape index (κ1) is 19.6. The monoisotopic (exact) mass is 399 g/mol. The van der Waals surface area contributed by atoms with Crippen molar-refractivity contribution < 1.29 is 17.9 Å². The van der Waals surface area contributed by atoms with Gasteiger partial charge in [0.1, 0.15) is 0 Å². The van der Waals surface area contributed by atoms with Gasteiger partial charge in [-0.25, -0.2) is 8.42 Å². The van der Waals surface area contributed by atoms with Gasteiger partial charge in [-0.15, -0.1) is 0 Å². The van der Waals surface area contributed by atoms with E-state index >= 15 is 0 Å². The Morgan fingerprint density at radius 2 is 1.63 bits per heavy atom. The number of nitrogens with zero attached hydrogens (tertiary/aromatic N) is 3. The second-order valence-electron chi connectivity index (χ2n) is 8.52. The fraction of sp³-hybridized carbons (Fsp3) is 0.947. The van der Waals surface area contributed by atoms with Crippen LogP contribution in [0.15, 0.2) is 0 Å². The highest BCUT2D eigenvalue weighted by molar-refractivity contribution is 7.89. The van der Waals surface area contributed by atoms with Crippen molar-refractivity contribution in [3.05, 3.63) is 0 Å². The van der Waals surface area contributed by atoms with Crippen LogP contribution in [0.25, 0.3) is 0 Å². The second-order valence-corrected chi connectivity index (χ2v) is 10.6. The highest BCUT2D eigenvalue weighted by Gasteiger charge is 2.39. The van der Waals surface area contributed by atoms with Gasteiger partial charge in [0.25, 0.3) is 0 Å². The van der Waals surface area contributed by atoms with Gasteiger partial charge < -0.3 is 9.64 Å². The number of piperidine rings is 1. The zero-order valence-corrected chi connectivity index (χ0v) is 17.0. The highest BCUT2D eigenvalue weighted by atomic mass is 32.2. The lowest BCUT2D eigenvalue weighted by Gasteiger charge is -2.45. The molecule has 3 aliphatic heterocycles. The Hall–Kier alpha value is -0.700. The van der Waals surface area contributed by atoms with Crippen LogP contribution in [-0.2, 0) is 19.6 Å². The van der Waals surface area contributed by atoms with Crippen molar-refractivity contribution in [1.82, 2.24) is 14.1 Å². The number of ether oxygens (including phenoxy) is 1. The molecule has 4 aliphatic rings. The molecule has 27 heavy (non-hydrogen) atoms. The van der Waals surface area contributed by atoms with Crippen LogP contribution in [0.5, 0.6) is 0 Å². The van der Waals surface area contributed by atoms with E-state index in [4.69, 9.17) is 4.74 Å². The molecule has 0 aromatic heterocycles. The first-order valence-electron chi connectivity index (χ1n) is 10.6. The largest absolute Gasteiger partial charge is 0.381 e. The number of sulfonamides is 1. The van der Waals surface area contributed by atoms with Gasteiger partial charge in [0.2, 0.25) is 15.9 Å². The summed E-state index contributed by atoms with van der Waals surface area (Å²) in [5.74, 6) is 1.17. The smallest absolute Gasteiger partial charge is 0.240 e. The van der Waals surface area contributed by atoms with Crippen molar-refractivity contribution in [3.8, 4) is 0 Å². The molecule has 0 aromatic rings. The summed E-state index contributed by atoms with van der Waals surface area (Å²) in [5.41, 5.74) is 0. The van der Waals surface area contributed by atoms with Crippen molar-refractivity contribution in [2.45, 2.75) is 57.0 Å². The molecule has 3 saturated heterocycles. The molecule has 154 valence electrons. The van der Waals surface area contributed by atoms with Crippen LogP contribution in [-0.4, -0.2) is 92.2 Å². The van der Waals surface area contributed by atoms with Gasteiger partial charge >= 0.3 is 0 Å². The minimum atomic E-state index is -3.14. The van der Waals surface area contributed by atoms with E-state index in [0.29, 0.717) is 38.1 Å². The number of hydrogen-bond acceptors (Lipinski definition) is 5. The third kappa shape index (κ3) is 4.66. The van der Waals surface area contributed by atoms with Crippen molar-refractivity contribution in [2.75, 3.05) is 51.7 Å². The quantitative estimate of drug-likeness (QED) is 0.664. The lowest BCUT2D eigenvalue weighted by molar-refractivity contribution is -0.145.